The van der Waals surface area contributed by atoms with E-state index < -0.39 is 0 Å². The highest BCUT2D eigenvalue weighted by Crippen LogP contribution is 2.22. The van der Waals surface area contributed by atoms with Crippen LogP contribution >= 0.6 is 11.6 Å². The Bertz CT molecular complexity index is 433. The first-order chi connectivity index (χ1) is 5.70. The molecule has 1 heterocycles. The Kier molecular flexibility index (Phi) is 1.54. The second kappa shape index (κ2) is 2.45. The van der Waals surface area contributed by atoms with Crippen molar-refractivity contribution in [3.63, 3.8) is 0 Å². The normalized spacial score (nSPS) is 10.9. The number of rotatable bonds is 0. The van der Waals surface area contributed by atoms with Gasteiger partial charge in [-0.2, -0.15) is 0 Å². The predicted octanol–water partition coefficient (Wildman–Crippen LogP) is 1.93. The Hall–Kier alpha value is -1.09. The van der Waals surface area contributed by atoms with Crippen LogP contribution in [0.15, 0.2) is 12.1 Å². The Morgan fingerprint density at radius 2 is 2.17 bits per heavy atom. The zero-order valence-electron chi connectivity index (χ0n) is 6.87. The molecule has 0 unspecified atom stereocenters. The van der Waals surface area contributed by atoms with Gasteiger partial charge in [-0.05, 0) is 24.6 Å². The lowest BCUT2D eigenvalue weighted by Gasteiger charge is -1.97. The number of aryl methyl sites for hydroxylation is 2. The van der Waals surface area contributed by atoms with Gasteiger partial charge in [0.2, 0.25) is 0 Å². The van der Waals surface area contributed by atoms with Crippen LogP contribution in [0.25, 0.3) is 11.0 Å². The first-order valence-corrected chi connectivity index (χ1v) is 4.02. The Morgan fingerprint density at radius 3 is 2.92 bits per heavy atom. The van der Waals surface area contributed by atoms with E-state index in [1.807, 2.05) is 26.1 Å². The van der Waals surface area contributed by atoms with E-state index in [1.165, 1.54) is 0 Å². The number of halogens is 1. The van der Waals surface area contributed by atoms with Crippen LogP contribution in [-0.4, -0.2) is 15.0 Å². The van der Waals surface area contributed by atoms with Crippen molar-refractivity contribution in [1.82, 2.24) is 15.0 Å². The molecule has 1 aromatic heterocycles. The third kappa shape index (κ3) is 0.898. The molecular weight excluding hydrogens is 174 g/mol. The van der Waals surface area contributed by atoms with Crippen molar-refractivity contribution in [2.75, 3.05) is 0 Å². The van der Waals surface area contributed by atoms with Crippen molar-refractivity contribution in [1.29, 1.82) is 0 Å². The van der Waals surface area contributed by atoms with Gasteiger partial charge in [-0.1, -0.05) is 16.8 Å². The van der Waals surface area contributed by atoms with Crippen LogP contribution in [0.5, 0.6) is 0 Å². The third-order valence-electron chi connectivity index (χ3n) is 1.97. The number of aromatic nitrogens is 3. The molecule has 0 bridgehead atoms. The van der Waals surface area contributed by atoms with E-state index in [0.717, 1.165) is 21.6 Å². The van der Waals surface area contributed by atoms with Gasteiger partial charge in [0.15, 0.2) is 0 Å². The van der Waals surface area contributed by atoms with Gasteiger partial charge in [-0.15, -0.1) is 5.10 Å². The monoisotopic (exact) mass is 181 g/mol. The van der Waals surface area contributed by atoms with Crippen molar-refractivity contribution in [3.8, 4) is 0 Å². The van der Waals surface area contributed by atoms with Crippen LogP contribution in [0.4, 0.5) is 0 Å². The van der Waals surface area contributed by atoms with Crippen LogP contribution < -0.4 is 0 Å². The van der Waals surface area contributed by atoms with E-state index in [9.17, 15) is 0 Å². The number of hydrogen-bond donors (Lipinski definition) is 0. The van der Waals surface area contributed by atoms with Crippen molar-refractivity contribution in [2.45, 2.75) is 6.92 Å². The maximum atomic E-state index is 5.92. The van der Waals surface area contributed by atoms with Crippen LogP contribution in [0, 0.1) is 6.92 Å². The van der Waals surface area contributed by atoms with E-state index in [0.29, 0.717) is 0 Å². The van der Waals surface area contributed by atoms with Crippen LogP contribution in [0.2, 0.25) is 5.02 Å². The average Bonchev–Trinajstić information content (AvgIpc) is 2.41. The summed E-state index contributed by atoms with van der Waals surface area (Å²) in [4.78, 5) is 0. The van der Waals surface area contributed by atoms with Crippen LogP contribution in [0.3, 0.4) is 0 Å². The summed E-state index contributed by atoms with van der Waals surface area (Å²) >= 11 is 5.92. The molecule has 0 amide bonds. The summed E-state index contributed by atoms with van der Waals surface area (Å²) in [6.45, 7) is 1.94. The summed E-state index contributed by atoms with van der Waals surface area (Å²) in [5, 5.41) is 8.65. The molecule has 1 aromatic carbocycles. The summed E-state index contributed by atoms with van der Waals surface area (Å²) in [5.74, 6) is 0. The number of benzene rings is 1. The summed E-state index contributed by atoms with van der Waals surface area (Å²) < 4.78 is 1.73. The fourth-order valence-electron chi connectivity index (χ4n) is 1.21. The van der Waals surface area contributed by atoms with E-state index in [1.54, 1.807) is 4.68 Å². The fraction of sp³-hybridized carbons (Fsp3) is 0.250. The number of hydrogen-bond acceptors (Lipinski definition) is 2. The first-order valence-electron chi connectivity index (χ1n) is 3.64. The zero-order chi connectivity index (χ0) is 8.72. The second-order valence-corrected chi connectivity index (χ2v) is 3.16. The average molecular weight is 182 g/mol. The van der Waals surface area contributed by atoms with E-state index in [2.05, 4.69) is 10.3 Å². The first kappa shape index (κ1) is 7.55. The van der Waals surface area contributed by atoms with Gasteiger partial charge in [0.25, 0.3) is 0 Å². The Morgan fingerprint density at radius 1 is 1.42 bits per heavy atom. The van der Waals surface area contributed by atoms with E-state index in [-0.39, 0.29) is 0 Å². The predicted molar refractivity (Wildman–Crippen MR) is 48.3 cm³/mol. The molecule has 0 aliphatic carbocycles. The van der Waals surface area contributed by atoms with Crippen LogP contribution in [-0.2, 0) is 7.05 Å². The molecule has 0 saturated heterocycles. The topological polar surface area (TPSA) is 30.7 Å². The maximum Gasteiger partial charge on any atom is 0.117 e. The van der Waals surface area contributed by atoms with E-state index in [4.69, 9.17) is 11.6 Å². The lowest BCUT2D eigenvalue weighted by atomic mass is 10.2. The molecule has 0 fully saturated rings. The third-order valence-corrected chi connectivity index (χ3v) is 2.38. The van der Waals surface area contributed by atoms with Crippen molar-refractivity contribution < 1.29 is 0 Å². The molecule has 0 atom stereocenters. The lowest BCUT2D eigenvalue weighted by molar-refractivity contribution is 0.736. The minimum atomic E-state index is 0.739. The van der Waals surface area contributed by atoms with Gasteiger partial charge < -0.3 is 0 Å². The van der Waals surface area contributed by atoms with Gasteiger partial charge in [0.1, 0.15) is 5.52 Å². The molecule has 12 heavy (non-hydrogen) atoms. The molecule has 62 valence electrons. The molecule has 0 aliphatic heterocycles. The van der Waals surface area contributed by atoms with Crippen molar-refractivity contribution in [3.05, 3.63) is 22.7 Å². The highest BCUT2D eigenvalue weighted by Gasteiger charge is 2.05. The summed E-state index contributed by atoms with van der Waals surface area (Å²) in [6.07, 6.45) is 0. The fourth-order valence-corrected chi connectivity index (χ4v) is 1.36. The summed E-state index contributed by atoms with van der Waals surface area (Å²) in [5.41, 5.74) is 2.88. The quantitative estimate of drug-likeness (QED) is 0.622. The number of nitrogens with zero attached hydrogens (tertiary/aromatic N) is 3. The molecule has 0 aliphatic rings. The minimum absolute atomic E-state index is 0.739. The van der Waals surface area contributed by atoms with Gasteiger partial charge in [-0.25, -0.2) is 4.68 Å². The van der Waals surface area contributed by atoms with Crippen LogP contribution in [0.1, 0.15) is 5.56 Å². The summed E-state index contributed by atoms with van der Waals surface area (Å²) in [6, 6.07) is 3.78. The molecule has 0 radical (unpaired) electrons. The van der Waals surface area contributed by atoms with Gasteiger partial charge in [-0.3, -0.25) is 0 Å². The molecule has 0 spiro atoms. The Balaban J connectivity index is 2.93. The van der Waals surface area contributed by atoms with Gasteiger partial charge in [0, 0.05) is 12.1 Å². The molecule has 2 rings (SSSR count). The lowest BCUT2D eigenvalue weighted by Crippen LogP contribution is -1.88. The number of fused-ring (bicyclic) bond motifs is 1. The standard InChI is InChI=1S/C8H8ClN3/c1-5-6(9)3-4-7-8(5)10-11-12(7)2/h3-4H,1-2H3. The molecule has 4 heteroatoms. The molecule has 0 N–H and O–H groups in total. The van der Waals surface area contributed by atoms with Crippen molar-refractivity contribution in [2.24, 2.45) is 7.05 Å². The molecule has 2 aromatic rings. The largest absolute Gasteiger partial charge is 0.248 e. The minimum Gasteiger partial charge on any atom is -0.248 e. The molecular formula is C8H8ClN3. The van der Waals surface area contributed by atoms with Gasteiger partial charge in [0.05, 0.1) is 5.52 Å². The maximum absolute atomic E-state index is 5.92. The summed E-state index contributed by atoms with van der Waals surface area (Å²) in [7, 11) is 1.86. The molecule has 0 saturated carbocycles. The highest BCUT2D eigenvalue weighted by atomic mass is 35.5. The van der Waals surface area contributed by atoms with Gasteiger partial charge >= 0.3 is 0 Å². The molecule has 3 nitrogen and oxygen atoms in total. The smallest absolute Gasteiger partial charge is 0.117 e. The van der Waals surface area contributed by atoms with E-state index >= 15 is 0 Å². The SMILES string of the molecule is Cc1c(Cl)ccc2c1nnn2C. The highest BCUT2D eigenvalue weighted by molar-refractivity contribution is 6.32. The van der Waals surface area contributed by atoms with Crippen molar-refractivity contribution >= 4 is 22.6 Å². The second-order valence-electron chi connectivity index (χ2n) is 2.75. The zero-order valence-corrected chi connectivity index (χ0v) is 7.63. The Labute approximate surface area is 74.9 Å².